The highest BCUT2D eigenvalue weighted by Crippen LogP contribution is 2.26. The number of nitro benzene ring substituents is 1. The van der Waals surface area contributed by atoms with Crippen LogP contribution in [0.15, 0.2) is 59.5 Å². The first-order valence-electron chi connectivity index (χ1n) is 12.6. The number of benzene rings is 2. The minimum Gasteiger partial charge on any atom is -0.370 e. The fourth-order valence-electron chi connectivity index (χ4n) is 4.67. The van der Waals surface area contributed by atoms with Crippen molar-refractivity contribution in [2.45, 2.75) is 49.5 Å². The number of carbonyl (C=O) groups is 4. The molecule has 0 saturated carbocycles. The van der Waals surface area contributed by atoms with Gasteiger partial charge in [0.05, 0.1) is 21.7 Å². The zero-order valence-corrected chi connectivity index (χ0v) is 22.4. The molecule has 40 heavy (non-hydrogen) atoms. The molecule has 0 aromatic heterocycles. The molecule has 1 heterocycles. The molecule has 1 aliphatic rings. The van der Waals surface area contributed by atoms with Gasteiger partial charge < -0.3 is 16.8 Å². The van der Waals surface area contributed by atoms with Gasteiger partial charge in [-0.1, -0.05) is 30.3 Å². The summed E-state index contributed by atoms with van der Waals surface area (Å²) in [4.78, 5) is 60.8. The molecule has 1 saturated heterocycles. The first-order chi connectivity index (χ1) is 18.9. The van der Waals surface area contributed by atoms with Crippen LogP contribution in [0.1, 0.15) is 37.7 Å². The van der Waals surface area contributed by atoms with E-state index in [0.717, 1.165) is 29.8 Å². The molecule has 3 unspecified atom stereocenters. The number of nitrogens with two attached hydrogens (primary N) is 2. The summed E-state index contributed by atoms with van der Waals surface area (Å²) in [5.74, 6) is -5.68. The third-order valence-corrected chi connectivity index (χ3v) is 8.61. The minimum atomic E-state index is -4.38. The predicted molar refractivity (Wildman–Crippen MR) is 143 cm³/mol. The fourth-order valence-corrected chi connectivity index (χ4v) is 6.14. The lowest BCUT2D eigenvalue weighted by Gasteiger charge is -2.28. The average molecular weight is 574 g/mol. The second-order valence-electron chi connectivity index (χ2n) is 9.53. The molecule has 13 nitrogen and oxygen atoms in total. The highest BCUT2D eigenvalue weighted by Gasteiger charge is 2.39. The SMILES string of the molecule is NC(=O)CC(C(N)=O)C(CCc1ccccc1)C(=O)NC1CCCCN(S(=O)(=O)c2ccc([N+](=O)[O-])cc2)C1=O. The van der Waals surface area contributed by atoms with Gasteiger partial charge in [-0.3, -0.25) is 29.3 Å². The molecule has 1 aliphatic heterocycles. The maximum absolute atomic E-state index is 13.5. The standard InChI is InChI=1S/C26H31N5O8S/c27-23(32)16-21(24(28)33)20(14-9-17-6-2-1-3-7-17)25(34)29-22-8-4-5-15-30(26(22)35)40(38,39)19-12-10-18(11-13-19)31(36)37/h1-3,6-7,10-13,20-22H,4-5,8-9,14-16H2,(H2,27,32)(H2,28,33)(H,29,34). The highest BCUT2D eigenvalue weighted by atomic mass is 32.2. The smallest absolute Gasteiger partial charge is 0.269 e. The zero-order valence-electron chi connectivity index (χ0n) is 21.6. The van der Waals surface area contributed by atoms with Crippen LogP contribution in [0.3, 0.4) is 0 Å². The van der Waals surface area contributed by atoms with E-state index in [1.165, 1.54) is 0 Å². The summed E-state index contributed by atoms with van der Waals surface area (Å²) in [7, 11) is -4.38. The molecular weight excluding hydrogens is 542 g/mol. The van der Waals surface area contributed by atoms with Crippen molar-refractivity contribution in [3.63, 3.8) is 0 Å². The van der Waals surface area contributed by atoms with Crippen molar-refractivity contribution < 1.29 is 32.5 Å². The lowest BCUT2D eigenvalue weighted by atomic mass is 9.83. The minimum absolute atomic E-state index is 0.114. The fraction of sp³-hybridized carbons (Fsp3) is 0.385. The number of hydrogen-bond acceptors (Lipinski definition) is 8. The van der Waals surface area contributed by atoms with Gasteiger partial charge in [-0.2, -0.15) is 0 Å². The molecule has 0 bridgehead atoms. The first kappa shape index (κ1) is 30.2. The number of nitro groups is 1. The third kappa shape index (κ3) is 7.40. The number of aryl methyl sites for hydroxylation is 1. The second-order valence-corrected chi connectivity index (χ2v) is 11.4. The van der Waals surface area contributed by atoms with Crippen LogP contribution in [0.2, 0.25) is 0 Å². The molecule has 0 spiro atoms. The van der Waals surface area contributed by atoms with Crippen LogP contribution in [0.25, 0.3) is 0 Å². The van der Waals surface area contributed by atoms with Gasteiger partial charge in [0.15, 0.2) is 0 Å². The molecule has 2 aromatic rings. The Morgan fingerprint density at radius 2 is 1.68 bits per heavy atom. The summed E-state index contributed by atoms with van der Waals surface area (Å²) in [5, 5.41) is 13.5. The molecule has 0 aliphatic carbocycles. The number of nitrogens with zero attached hydrogens (tertiary/aromatic N) is 2. The van der Waals surface area contributed by atoms with Crippen molar-refractivity contribution in [2.24, 2.45) is 23.3 Å². The Kier molecular flexibility index (Phi) is 9.93. The summed E-state index contributed by atoms with van der Waals surface area (Å²) in [6.07, 6.45) is 0.884. The van der Waals surface area contributed by atoms with Crippen LogP contribution in [0.4, 0.5) is 5.69 Å². The summed E-state index contributed by atoms with van der Waals surface area (Å²) in [6.45, 7) is -0.145. The summed E-state index contributed by atoms with van der Waals surface area (Å²) in [5.41, 5.74) is 11.4. The van der Waals surface area contributed by atoms with Crippen molar-refractivity contribution in [1.29, 1.82) is 0 Å². The molecule has 2 aromatic carbocycles. The second kappa shape index (κ2) is 13.2. The van der Waals surface area contributed by atoms with Crippen molar-refractivity contribution in [1.82, 2.24) is 9.62 Å². The van der Waals surface area contributed by atoms with Crippen LogP contribution in [0.5, 0.6) is 0 Å². The number of sulfonamides is 1. The predicted octanol–water partition coefficient (Wildman–Crippen LogP) is 1.01. The van der Waals surface area contributed by atoms with E-state index in [0.29, 0.717) is 23.6 Å². The average Bonchev–Trinajstić information content (AvgIpc) is 3.10. The van der Waals surface area contributed by atoms with Gasteiger partial charge in [0.1, 0.15) is 6.04 Å². The Hall–Kier alpha value is -4.33. The molecule has 5 N–H and O–H groups in total. The molecule has 0 radical (unpaired) electrons. The monoisotopic (exact) mass is 573 g/mol. The van der Waals surface area contributed by atoms with Crippen molar-refractivity contribution >= 4 is 39.3 Å². The Labute approximate surface area is 231 Å². The summed E-state index contributed by atoms with van der Waals surface area (Å²) < 4.78 is 27.2. The summed E-state index contributed by atoms with van der Waals surface area (Å²) in [6, 6.07) is 12.0. The van der Waals surface area contributed by atoms with E-state index in [9.17, 15) is 37.7 Å². The van der Waals surface area contributed by atoms with E-state index >= 15 is 0 Å². The van der Waals surface area contributed by atoms with Crippen molar-refractivity contribution in [3.8, 4) is 0 Å². The van der Waals surface area contributed by atoms with E-state index in [1.54, 1.807) is 0 Å². The highest BCUT2D eigenvalue weighted by molar-refractivity contribution is 7.89. The lowest BCUT2D eigenvalue weighted by Crippen LogP contribution is -2.52. The first-order valence-corrected chi connectivity index (χ1v) is 14.1. The van der Waals surface area contributed by atoms with E-state index in [-0.39, 0.29) is 30.0 Å². The molecule has 214 valence electrons. The quantitative estimate of drug-likeness (QED) is 0.245. The van der Waals surface area contributed by atoms with Crippen LogP contribution in [-0.2, 0) is 35.6 Å². The molecular formula is C26H31N5O8S. The third-order valence-electron chi connectivity index (χ3n) is 6.80. The lowest BCUT2D eigenvalue weighted by molar-refractivity contribution is -0.384. The van der Waals surface area contributed by atoms with E-state index in [1.807, 2.05) is 30.3 Å². The number of nitrogens with one attached hydrogen (secondary N) is 1. The number of amides is 4. The largest absolute Gasteiger partial charge is 0.370 e. The van der Waals surface area contributed by atoms with E-state index < -0.39 is 62.9 Å². The van der Waals surface area contributed by atoms with E-state index in [4.69, 9.17) is 11.5 Å². The van der Waals surface area contributed by atoms with Gasteiger partial charge >= 0.3 is 0 Å². The van der Waals surface area contributed by atoms with Crippen LogP contribution < -0.4 is 16.8 Å². The van der Waals surface area contributed by atoms with Gasteiger partial charge in [-0.15, -0.1) is 0 Å². The van der Waals surface area contributed by atoms with Gasteiger partial charge in [-0.05, 0) is 49.8 Å². The number of primary amides is 2. The molecule has 1 fully saturated rings. The van der Waals surface area contributed by atoms with Crippen molar-refractivity contribution in [3.05, 3.63) is 70.3 Å². The van der Waals surface area contributed by atoms with Crippen LogP contribution in [0, 0.1) is 22.0 Å². The summed E-state index contributed by atoms with van der Waals surface area (Å²) >= 11 is 0. The normalized spacial score (nSPS) is 17.4. The molecule has 4 amide bonds. The van der Waals surface area contributed by atoms with E-state index in [2.05, 4.69) is 5.32 Å². The van der Waals surface area contributed by atoms with Crippen LogP contribution in [-0.4, -0.2) is 53.9 Å². The topological polar surface area (TPSA) is 213 Å². The van der Waals surface area contributed by atoms with Gasteiger partial charge in [0, 0.05) is 25.1 Å². The van der Waals surface area contributed by atoms with Crippen molar-refractivity contribution in [2.75, 3.05) is 6.54 Å². The van der Waals surface area contributed by atoms with Gasteiger partial charge in [0.2, 0.25) is 17.7 Å². The maximum atomic E-state index is 13.5. The Morgan fingerprint density at radius 1 is 1.02 bits per heavy atom. The number of hydrogen-bond donors (Lipinski definition) is 3. The Bertz CT molecular complexity index is 1370. The Morgan fingerprint density at radius 3 is 2.25 bits per heavy atom. The number of carbonyl (C=O) groups excluding carboxylic acids is 4. The Balaban J connectivity index is 1.85. The number of non-ortho nitro benzene ring substituents is 1. The maximum Gasteiger partial charge on any atom is 0.269 e. The molecule has 3 rings (SSSR count). The molecule has 3 atom stereocenters. The zero-order chi connectivity index (χ0) is 29.4. The number of rotatable bonds is 12. The van der Waals surface area contributed by atoms with Crippen LogP contribution >= 0.6 is 0 Å². The van der Waals surface area contributed by atoms with Gasteiger partial charge in [0.25, 0.3) is 21.6 Å². The van der Waals surface area contributed by atoms with Gasteiger partial charge in [-0.25, -0.2) is 12.7 Å². The molecule has 14 heteroatoms.